The number of rotatable bonds is 4. The van der Waals surface area contributed by atoms with Gasteiger partial charge in [0.05, 0.1) is 12.1 Å². The van der Waals surface area contributed by atoms with Gasteiger partial charge >= 0.3 is 0 Å². The number of aromatic nitrogens is 3. The van der Waals surface area contributed by atoms with E-state index in [2.05, 4.69) is 34.3 Å². The maximum Gasteiger partial charge on any atom is 0.248 e. The molecule has 3 rings (SSSR count). The van der Waals surface area contributed by atoms with Crippen molar-refractivity contribution in [3.63, 3.8) is 0 Å². The molecule has 1 aromatic carbocycles. The Bertz CT molecular complexity index is 764. The summed E-state index contributed by atoms with van der Waals surface area (Å²) in [5, 5.41) is 12.6. The molecule has 0 spiro atoms. The Kier molecular flexibility index (Phi) is 3.66. The third kappa shape index (κ3) is 2.92. The molecule has 0 atom stereocenters. The van der Waals surface area contributed by atoms with Gasteiger partial charge in [-0.2, -0.15) is 0 Å². The Balaban J connectivity index is 2.00. The van der Waals surface area contributed by atoms with E-state index in [1.165, 1.54) is 0 Å². The van der Waals surface area contributed by atoms with Crippen LogP contribution < -0.4 is 5.32 Å². The number of nitrogens with one attached hydrogen (secondary N) is 1. The molecule has 0 saturated heterocycles. The van der Waals surface area contributed by atoms with Crippen LogP contribution in [-0.2, 0) is 6.54 Å². The predicted molar refractivity (Wildman–Crippen MR) is 81.7 cm³/mol. The SMILES string of the molecule is Cc1cc(-c2nnc(CNC(C)C)o2)c2ccccc2n1. The fourth-order valence-electron chi connectivity index (χ4n) is 2.21. The van der Waals surface area contributed by atoms with Gasteiger partial charge in [0.1, 0.15) is 0 Å². The monoisotopic (exact) mass is 282 g/mol. The minimum absolute atomic E-state index is 0.379. The minimum Gasteiger partial charge on any atom is -0.419 e. The molecule has 108 valence electrons. The standard InChI is InChI=1S/C16H18N4O/c1-10(2)17-9-15-19-20-16(21-15)13-8-11(3)18-14-7-5-4-6-12(13)14/h4-8,10,17H,9H2,1-3H3. The van der Waals surface area contributed by atoms with Crippen molar-refractivity contribution in [1.82, 2.24) is 20.5 Å². The molecule has 0 amide bonds. The zero-order valence-electron chi connectivity index (χ0n) is 12.4. The van der Waals surface area contributed by atoms with Gasteiger partial charge in [0.15, 0.2) is 0 Å². The maximum atomic E-state index is 5.77. The lowest BCUT2D eigenvalue weighted by Crippen LogP contribution is -2.21. The summed E-state index contributed by atoms with van der Waals surface area (Å²) >= 11 is 0. The van der Waals surface area contributed by atoms with E-state index in [-0.39, 0.29) is 0 Å². The van der Waals surface area contributed by atoms with Crippen molar-refractivity contribution in [2.75, 3.05) is 0 Å². The molecule has 0 radical (unpaired) electrons. The third-order valence-electron chi connectivity index (χ3n) is 3.20. The smallest absolute Gasteiger partial charge is 0.248 e. The van der Waals surface area contributed by atoms with Crippen molar-refractivity contribution in [3.8, 4) is 11.5 Å². The van der Waals surface area contributed by atoms with Gasteiger partial charge in [0, 0.05) is 22.7 Å². The van der Waals surface area contributed by atoms with Crippen molar-refractivity contribution in [2.45, 2.75) is 33.4 Å². The number of nitrogens with zero attached hydrogens (tertiary/aromatic N) is 3. The van der Waals surface area contributed by atoms with Crippen LogP contribution in [0.2, 0.25) is 0 Å². The van der Waals surface area contributed by atoms with E-state index in [4.69, 9.17) is 4.42 Å². The lowest BCUT2D eigenvalue weighted by atomic mass is 10.1. The zero-order chi connectivity index (χ0) is 14.8. The van der Waals surface area contributed by atoms with Gasteiger partial charge in [-0.3, -0.25) is 4.98 Å². The largest absolute Gasteiger partial charge is 0.419 e. The molecule has 0 fully saturated rings. The molecule has 3 aromatic rings. The van der Waals surface area contributed by atoms with Gasteiger partial charge in [-0.05, 0) is 19.1 Å². The summed E-state index contributed by atoms with van der Waals surface area (Å²) in [5.74, 6) is 1.13. The normalized spacial score (nSPS) is 11.4. The molecule has 2 aromatic heterocycles. The number of para-hydroxylation sites is 1. The van der Waals surface area contributed by atoms with Crippen LogP contribution in [0.1, 0.15) is 25.4 Å². The van der Waals surface area contributed by atoms with Crippen LogP contribution in [0.5, 0.6) is 0 Å². The molecule has 0 saturated carbocycles. The molecule has 0 bridgehead atoms. The van der Waals surface area contributed by atoms with E-state index < -0.39 is 0 Å². The molecule has 0 aliphatic rings. The van der Waals surface area contributed by atoms with E-state index in [9.17, 15) is 0 Å². The first-order valence-corrected chi connectivity index (χ1v) is 7.06. The lowest BCUT2D eigenvalue weighted by molar-refractivity contribution is 0.459. The molecule has 0 aliphatic carbocycles. The number of hydrogen-bond acceptors (Lipinski definition) is 5. The quantitative estimate of drug-likeness (QED) is 0.796. The Morgan fingerprint density at radius 1 is 1.19 bits per heavy atom. The molecule has 21 heavy (non-hydrogen) atoms. The van der Waals surface area contributed by atoms with Gasteiger partial charge in [0.2, 0.25) is 11.8 Å². The van der Waals surface area contributed by atoms with E-state index in [0.29, 0.717) is 24.4 Å². The fourth-order valence-corrected chi connectivity index (χ4v) is 2.21. The van der Waals surface area contributed by atoms with Crippen LogP contribution in [-0.4, -0.2) is 21.2 Å². The van der Waals surface area contributed by atoms with Crippen LogP contribution in [0.3, 0.4) is 0 Å². The summed E-state index contributed by atoms with van der Waals surface area (Å²) in [6, 6.07) is 10.3. The summed E-state index contributed by atoms with van der Waals surface area (Å²) in [7, 11) is 0. The van der Waals surface area contributed by atoms with E-state index >= 15 is 0 Å². The summed E-state index contributed by atoms with van der Waals surface area (Å²) in [6.45, 7) is 6.70. The van der Waals surface area contributed by atoms with Crippen molar-refractivity contribution in [1.29, 1.82) is 0 Å². The molecule has 5 heteroatoms. The van der Waals surface area contributed by atoms with Gasteiger partial charge in [-0.15, -0.1) is 10.2 Å². The molecular formula is C16H18N4O. The average molecular weight is 282 g/mol. The predicted octanol–water partition coefficient (Wildman–Crippen LogP) is 3.09. The summed E-state index contributed by atoms with van der Waals surface area (Å²) in [6.07, 6.45) is 0. The second-order valence-electron chi connectivity index (χ2n) is 5.36. The number of aryl methyl sites for hydroxylation is 1. The molecule has 1 N–H and O–H groups in total. The first-order valence-electron chi connectivity index (χ1n) is 7.06. The van der Waals surface area contributed by atoms with Gasteiger partial charge in [-0.25, -0.2) is 0 Å². The average Bonchev–Trinajstić information content (AvgIpc) is 2.93. The number of pyridine rings is 1. The molecule has 5 nitrogen and oxygen atoms in total. The summed E-state index contributed by atoms with van der Waals surface area (Å²) < 4.78 is 5.77. The summed E-state index contributed by atoms with van der Waals surface area (Å²) in [4.78, 5) is 4.53. The first-order chi connectivity index (χ1) is 10.1. The highest BCUT2D eigenvalue weighted by Gasteiger charge is 2.13. The van der Waals surface area contributed by atoms with Crippen LogP contribution in [0.4, 0.5) is 0 Å². The lowest BCUT2D eigenvalue weighted by Gasteiger charge is -2.05. The Morgan fingerprint density at radius 3 is 2.81 bits per heavy atom. The molecular weight excluding hydrogens is 264 g/mol. The van der Waals surface area contributed by atoms with Gasteiger partial charge in [-0.1, -0.05) is 32.0 Å². The van der Waals surface area contributed by atoms with E-state index in [0.717, 1.165) is 22.2 Å². The highest BCUT2D eigenvalue weighted by Crippen LogP contribution is 2.27. The van der Waals surface area contributed by atoms with Crippen LogP contribution in [0, 0.1) is 6.92 Å². The Morgan fingerprint density at radius 2 is 2.00 bits per heavy atom. The Labute approximate surface area is 123 Å². The summed E-state index contributed by atoms with van der Waals surface area (Å²) in [5.41, 5.74) is 2.80. The van der Waals surface area contributed by atoms with Crippen LogP contribution >= 0.6 is 0 Å². The Hall–Kier alpha value is -2.27. The second kappa shape index (κ2) is 5.61. The van der Waals surface area contributed by atoms with Crippen LogP contribution in [0.25, 0.3) is 22.4 Å². The molecule has 0 aliphatic heterocycles. The zero-order valence-corrected chi connectivity index (χ0v) is 12.4. The van der Waals surface area contributed by atoms with Crippen molar-refractivity contribution in [2.24, 2.45) is 0 Å². The number of benzene rings is 1. The second-order valence-corrected chi connectivity index (χ2v) is 5.36. The van der Waals surface area contributed by atoms with Crippen molar-refractivity contribution >= 4 is 10.9 Å². The van der Waals surface area contributed by atoms with Crippen molar-refractivity contribution in [3.05, 3.63) is 41.9 Å². The fraction of sp³-hybridized carbons (Fsp3) is 0.312. The van der Waals surface area contributed by atoms with Gasteiger partial charge in [0.25, 0.3) is 0 Å². The molecule has 0 unspecified atom stereocenters. The third-order valence-corrected chi connectivity index (χ3v) is 3.20. The van der Waals surface area contributed by atoms with Crippen molar-refractivity contribution < 1.29 is 4.42 Å². The van der Waals surface area contributed by atoms with Gasteiger partial charge < -0.3 is 9.73 Å². The number of fused-ring (bicyclic) bond motifs is 1. The van der Waals surface area contributed by atoms with E-state index in [1.54, 1.807) is 0 Å². The minimum atomic E-state index is 0.379. The highest BCUT2D eigenvalue weighted by atomic mass is 16.4. The number of hydrogen-bond donors (Lipinski definition) is 1. The van der Waals surface area contributed by atoms with E-state index in [1.807, 2.05) is 37.3 Å². The highest BCUT2D eigenvalue weighted by molar-refractivity contribution is 5.92. The first kappa shape index (κ1) is 13.7. The topological polar surface area (TPSA) is 63.8 Å². The maximum absolute atomic E-state index is 5.77. The molecule has 2 heterocycles. The van der Waals surface area contributed by atoms with Crippen LogP contribution in [0.15, 0.2) is 34.7 Å².